The lowest BCUT2D eigenvalue weighted by atomic mass is 9.34. The predicted molar refractivity (Wildman–Crippen MR) is 171 cm³/mol. The molecule has 0 radical (unpaired) electrons. The first kappa shape index (κ1) is 36.6. The highest BCUT2D eigenvalue weighted by Crippen LogP contribution is 2.76. The van der Waals surface area contributed by atoms with Crippen LogP contribution in [0.4, 0.5) is 0 Å². The van der Waals surface area contributed by atoms with E-state index in [4.69, 9.17) is 9.47 Å². The summed E-state index contributed by atoms with van der Waals surface area (Å²) in [6, 6.07) is 0. The summed E-state index contributed by atoms with van der Waals surface area (Å²) in [6.07, 6.45) is -2.67. The number of aliphatic hydroxyl groups is 8. The van der Waals surface area contributed by atoms with E-state index in [-0.39, 0.29) is 39.9 Å². The van der Waals surface area contributed by atoms with E-state index in [2.05, 4.69) is 41.5 Å². The molecule has 1 heterocycles. The molecule has 0 aromatic rings. The molecule has 8 N–H and O–H groups in total. The number of rotatable bonds is 7. The number of ether oxygens (including phenoxy) is 2. The van der Waals surface area contributed by atoms with Gasteiger partial charge >= 0.3 is 0 Å². The summed E-state index contributed by atoms with van der Waals surface area (Å²) in [5.41, 5.74) is -1.57. The van der Waals surface area contributed by atoms with E-state index in [9.17, 15) is 40.9 Å². The molecule has 16 atom stereocenters. The van der Waals surface area contributed by atoms with Crippen molar-refractivity contribution in [2.24, 2.45) is 45.3 Å². The van der Waals surface area contributed by atoms with Crippen LogP contribution in [0, 0.1) is 45.3 Å². The summed E-state index contributed by atoms with van der Waals surface area (Å²) in [6.45, 7) is 15.8. The maximum Gasteiger partial charge on any atom is 0.186 e. The molecule has 0 aromatic carbocycles. The minimum atomic E-state index is -1.55. The molecule has 10 nitrogen and oxygen atoms in total. The smallest absolute Gasteiger partial charge is 0.186 e. The molecule has 46 heavy (non-hydrogen) atoms. The van der Waals surface area contributed by atoms with E-state index in [1.807, 2.05) is 6.08 Å². The summed E-state index contributed by atoms with van der Waals surface area (Å²) in [7, 11) is 0. The Kier molecular flexibility index (Phi) is 9.78. The third kappa shape index (κ3) is 5.55. The van der Waals surface area contributed by atoms with E-state index in [0.29, 0.717) is 25.7 Å². The van der Waals surface area contributed by atoms with Crippen LogP contribution >= 0.6 is 0 Å². The zero-order valence-corrected chi connectivity index (χ0v) is 29.1. The van der Waals surface area contributed by atoms with Crippen molar-refractivity contribution in [2.45, 2.75) is 161 Å². The van der Waals surface area contributed by atoms with E-state index < -0.39 is 72.7 Å². The Bertz CT molecular complexity index is 1130. The lowest BCUT2D eigenvalue weighted by Gasteiger charge is -2.72. The fourth-order valence-electron chi connectivity index (χ4n) is 11.6. The lowest BCUT2D eigenvalue weighted by molar-refractivity contribution is -0.346. The topological polar surface area (TPSA) is 180 Å². The Labute approximate surface area is 274 Å². The van der Waals surface area contributed by atoms with Crippen LogP contribution in [0.1, 0.15) is 100 Å². The summed E-state index contributed by atoms with van der Waals surface area (Å²) in [5.74, 6) is 0.0534. The second-order valence-electron chi connectivity index (χ2n) is 17.7. The van der Waals surface area contributed by atoms with E-state index >= 15 is 0 Å². The highest BCUT2D eigenvalue weighted by molar-refractivity contribution is 5.24. The first-order valence-electron chi connectivity index (χ1n) is 17.5. The number of hydrogen-bond donors (Lipinski definition) is 8. The van der Waals surface area contributed by atoms with Gasteiger partial charge in [0.25, 0.3) is 0 Å². The van der Waals surface area contributed by atoms with Gasteiger partial charge in [0.15, 0.2) is 6.29 Å². The highest BCUT2D eigenvalue weighted by Gasteiger charge is 2.72. The first-order chi connectivity index (χ1) is 21.1. The van der Waals surface area contributed by atoms with Crippen molar-refractivity contribution >= 4 is 0 Å². The van der Waals surface area contributed by atoms with Gasteiger partial charge in [-0.2, -0.15) is 0 Å². The van der Waals surface area contributed by atoms with Crippen LogP contribution in [0.15, 0.2) is 11.6 Å². The standard InChI is InChI=1S/C36H62O10/c1-18(9-10-25(40)33(4,5)44)19-11-14-35(7)26(19)20(38)15-23-34(6)13-12-24(39)32(2,3)30(34)21(16-36(23,35)8)45-31-29(43)28(42)27(41)22(17-37)46-31/h9,19-31,37-44H,10-17H2,1-8H3. The average Bonchev–Trinajstić information content (AvgIpc) is 3.34. The van der Waals surface area contributed by atoms with Gasteiger partial charge in [-0.15, -0.1) is 0 Å². The van der Waals surface area contributed by atoms with Crippen molar-refractivity contribution in [3.05, 3.63) is 11.6 Å². The third-order valence-corrected chi connectivity index (χ3v) is 14.5. The molecule has 10 heteroatoms. The highest BCUT2D eigenvalue weighted by atomic mass is 16.7. The van der Waals surface area contributed by atoms with Gasteiger partial charge < -0.3 is 50.3 Å². The van der Waals surface area contributed by atoms with Gasteiger partial charge in [0.1, 0.15) is 24.4 Å². The van der Waals surface area contributed by atoms with Crippen LogP contribution in [0.2, 0.25) is 0 Å². The fraction of sp³-hybridized carbons (Fsp3) is 0.944. The normalized spacial score (nSPS) is 51.6. The van der Waals surface area contributed by atoms with Gasteiger partial charge in [-0.25, -0.2) is 0 Å². The summed E-state index contributed by atoms with van der Waals surface area (Å²) in [5, 5.41) is 86.0. The molecule has 0 spiro atoms. The molecule has 5 aliphatic rings. The number of fused-ring (bicyclic) bond motifs is 5. The molecular weight excluding hydrogens is 592 g/mol. The minimum Gasteiger partial charge on any atom is -0.394 e. The fourth-order valence-corrected chi connectivity index (χ4v) is 11.6. The Hall–Kier alpha value is -0.660. The average molecular weight is 655 g/mol. The second-order valence-corrected chi connectivity index (χ2v) is 17.7. The van der Waals surface area contributed by atoms with Gasteiger partial charge in [-0.1, -0.05) is 46.3 Å². The Morgan fingerprint density at radius 1 is 0.957 bits per heavy atom. The van der Waals surface area contributed by atoms with E-state index in [1.165, 1.54) is 0 Å². The quantitative estimate of drug-likeness (QED) is 0.150. The van der Waals surface area contributed by atoms with Crippen molar-refractivity contribution in [3.63, 3.8) is 0 Å². The third-order valence-electron chi connectivity index (χ3n) is 14.5. The summed E-state index contributed by atoms with van der Waals surface area (Å²) in [4.78, 5) is 0. The predicted octanol–water partition coefficient (Wildman–Crippen LogP) is 2.27. The molecule has 1 saturated heterocycles. The zero-order chi connectivity index (χ0) is 34.4. The van der Waals surface area contributed by atoms with Gasteiger partial charge in [-0.3, -0.25) is 0 Å². The molecule has 0 bridgehead atoms. The van der Waals surface area contributed by atoms with Gasteiger partial charge in [0.05, 0.1) is 36.6 Å². The van der Waals surface area contributed by atoms with Crippen molar-refractivity contribution in [2.75, 3.05) is 6.61 Å². The molecule has 0 aromatic heterocycles. The Morgan fingerprint density at radius 2 is 1.61 bits per heavy atom. The van der Waals surface area contributed by atoms with Crippen molar-refractivity contribution in [1.29, 1.82) is 0 Å². The molecular formula is C36H62O10. The second kappa shape index (κ2) is 12.3. The zero-order valence-electron chi connectivity index (χ0n) is 29.1. The van der Waals surface area contributed by atoms with Crippen LogP contribution in [0.25, 0.3) is 0 Å². The van der Waals surface area contributed by atoms with Gasteiger partial charge in [0.2, 0.25) is 0 Å². The number of aliphatic hydroxyl groups excluding tert-OH is 7. The number of hydrogen-bond acceptors (Lipinski definition) is 10. The maximum atomic E-state index is 12.1. The molecule has 4 aliphatic carbocycles. The van der Waals surface area contributed by atoms with Crippen LogP contribution in [0.5, 0.6) is 0 Å². The molecule has 266 valence electrons. The Balaban J connectivity index is 1.53. The van der Waals surface area contributed by atoms with Crippen LogP contribution in [0.3, 0.4) is 0 Å². The maximum absolute atomic E-state index is 12.1. The SMILES string of the molecule is CC(=CCC(O)C(C)(C)O)C1CCC2(C)C1C(O)CC1C3(C)CCC(O)C(C)(C)C3C(OC3OC(CO)C(O)C(O)C3O)CC12C. The molecule has 4 saturated carbocycles. The molecule has 1 aliphatic heterocycles. The summed E-state index contributed by atoms with van der Waals surface area (Å²) < 4.78 is 12.6. The van der Waals surface area contributed by atoms with Crippen LogP contribution in [-0.4, -0.2) is 108 Å². The van der Waals surface area contributed by atoms with Crippen molar-refractivity contribution < 1.29 is 50.3 Å². The molecule has 5 rings (SSSR count). The lowest BCUT2D eigenvalue weighted by Crippen LogP contribution is -2.70. The van der Waals surface area contributed by atoms with Gasteiger partial charge in [0, 0.05) is 0 Å². The largest absolute Gasteiger partial charge is 0.394 e. The monoisotopic (exact) mass is 654 g/mol. The number of allylic oxidation sites excluding steroid dienone is 1. The summed E-state index contributed by atoms with van der Waals surface area (Å²) >= 11 is 0. The van der Waals surface area contributed by atoms with Crippen molar-refractivity contribution in [3.8, 4) is 0 Å². The van der Waals surface area contributed by atoms with Crippen molar-refractivity contribution in [1.82, 2.24) is 0 Å². The molecule has 0 amide bonds. The molecule has 5 fully saturated rings. The van der Waals surface area contributed by atoms with E-state index in [0.717, 1.165) is 24.8 Å². The van der Waals surface area contributed by atoms with E-state index in [1.54, 1.807) is 13.8 Å². The van der Waals surface area contributed by atoms with Crippen LogP contribution in [-0.2, 0) is 9.47 Å². The Morgan fingerprint density at radius 3 is 2.22 bits per heavy atom. The minimum absolute atomic E-state index is 0.0282. The van der Waals surface area contributed by atoms with Crippen LogP contribution < -0.4 is 0 Å². The molecule has 16 unspecified atom stereocenters. The first-order valence-corrected chi connectivity index (χ1v) is 17.5. The van der Waals surface area contributed by atoms with Gasteiger partial charge in [-0.05, 0) is 111 Å².